The van der Waals surface area contributed by atoms with Gasteiger partial charge in [0.1, 0.15) is 12.6 Å². The lowest BCUT2D eigenvalue weighted by atomic mass is 9.98. The number of aliphatic carboxylic acids is 1. The van der Waals surface area contributed by atoms with Gasteiger partial charge in [0, 0.05) is 11.5 Å². The van der Waals surface area contributed by atoms with E-state index in [2.05, 4.69) is 39.9 Å². The van der Waals surface area contributed by atoms with Gasteiger partial charge in [-0.3, -0.25) is 14.9 Å². The number of rotatable bonds is 6. The molecule has 4 aromatic rings. The highest BCUT2D eigenvalue weighted by Gasteiger charge is 2.29. The molecule has 1 aliphatic carbocycles. The molecule has 2 amide bonds. The maximum atomic E-state index is 12.5. The Kier molecular flexibility index (Phi) is 5.92. The van der Waals surface area contributed by atoms with E-state index in [0.717, 1.165) is 22.3 Å². The molecule has 8 nitrogen and oxygen atoms in total. The molecular formula is C26H21N3O5S. The molecular weight excluding hydrogens is 466 g/mol. The number of benzene rings is 3. The fourth-order valence-electron chi connectivity index (χ4n) is 4.18. The molecule has 0 fully saturated rings. The number of hydrogen-bond acceptors (Lipinski definition) is 6. The Morgan fingerprint density at radius 1 is 1.03 bits per heavy atom. The van der Waals surface area contributed by atoms with Crippen LogP contribution in [0.1, 0.15) is 34.3 Å². The van der Waals surface area contributed by atoms with Crippen LogP contribution in [0.2, 0.25) is 0 Å². The van der Waals surface area contributed by atoms with Crippen LogP contribution in [0.4, 0.5) is 9.93 Å². The summed E-state index contributed by atoms with van der Waals surface area (Å²) in [6, 6.07) is 20.0. The minimum absolute atomic E-state index is 0.0437. The summed E-state index contributed by atoms with van der Waals surface area (Å²) in [6.45, 7) is 1.58. The molecule has 1 aromatic heterocycles. The average Bonchev–Trinajstić information content (AvgIpc) is 3.40. The van der Waals surface area contributed by atoms with Gasteiger partial charge in [0.15, 0.2) is 5.13 Å². The Labute approximate surface area is 204 Å². The second-order valence-corrected chi connectivity index (χ2v) is 9.22. The van der Waals surface area contributed by atoms with Crippen LogP contribution in [-0.4, -0.2) is 40.7 Å². The number of carbonyl (C=O) groups excluding carboxylic acids is 2. The molecule has 0 radical (unpaired) electrons. The summed E-state index contributed by atoms with van der Waals surface area (Å²) in [5.74, 6) is -1.66. The van der Waals surface area contributed by atoms with Gasteiger partial charge in [0.05, 0.1) is 10.2 Å². The molecule has 0 saturated carbocycles. The van der Waals surface area contributed by atoms with Crippen molar-refractivity contribution in [3.8, 4) is 11.1 Å². The van der Waals surface area contributed by atoms with Crippen molar-refractivity contribution in [2.24, 2.45) is 0 Å². The van der Waals surface area contributed by atoms with Crippen LogP contribution in [0.25, 0.3) is 21.3 Å². The smallest absolute Gasteiger partial charge is 0.413 e. The number of hydrogen-bond donors (Lipinski definition) is 3. The summed E-state index contributed by atoms with van der Waals surface area (Å²) < 4.78 is 6.24. The van der Waals surface area contributed by atoms with Crippen molar-refractivity contribution in [2.45, 2.75) is 18.9 Å². The van der Waals surface area contributed by atoms with Gasteiger partial charge in [0.25, 0.3) is 5.91 Å². The second-order valence-electron chi connectivity index (χ2n) is 8.19. The molecule has 0 saturated heterocycles. The number of amides is 2. The van der Waals surface area contributed by atoms with E-state index >= 15 is 0 Å². The number of carboxylic acids is 1. The van der Waals surface area contributed by atoms with Crippen LogP contribution < -0.4 is 10.6 Å². The van der Waals surface area contributed by atoms with Gasteiger partial charge >= 0.3 is 12.1 Å². The summed E-state index contributed by atoms with van der Waals surface area (Å²) in [6.07, 6.45) is -0.612. The quantitative estimate of drug-likeness (QED) is 0.358. The van der Waals surface area contributed by atoms with Crippen molar-refractivity contribution in [2.75, 3.05) is 11.9 Å². The van der Waals surface area contributed by atoms with Crippen molar-refractivity contribution in [3.05, 3.63) is 83.4 Å². The Morgan fingerprint density at radius 3 is 2.34 bits per heavy atom. The van der Waals surface area contributed by atoms with Gasteiger partial charge in [-0.25, -0.2) is 9.78 Å². The minimum atomic E-state index is -1.12. The monoisotopic (exact) mass is 487 g/mol. The first-order chi connectivity index (χ1) is 16.9. The van der Waals surface area contributed by atoms with E-state index in [0.29, 0.717) is 20.9 Å². The zero-order chi connectivity index (χ0) is 24.5. The highest BCUT2D eigenvalue weighted by Crippen LogP contribution is 2.44. The highest BCUT2D eigenvalue weighted by atomic mass is 32.1. The van der Waals surface area contributed by atoms with E-state index in [1.165, 1.54) is 18.3 Å². The van der Waals surface area contributed by atoms with Crippen LogP contribution >= 0.6 is 11.3 Å². The second kappa shape index (κ2) is 9.19. The van der Waals surface area contributed by atoms with Crippen molar-refractivity contribution in [1.29, 1.82) is 0 Å². The van der Waals surface area contributed by atoms with Crippen LogP contribution in [0.5, 0.6) is 0 Å². The zero-order valence-corrected chi connectivity index (χ0v) is 19.5. The first-order valence-corrected chi connectivity index (χ1v) is 11.8. The molecule has 35 heavy (non-hydrogen) atoms. The topological polar surface area (TPSA) is 118 Å². The number of fused-ring (bicyclic) bond motifs is 4. The fraction of sp³-hybridized carbons (Fsp3) is 0.154. The molecule has 9 heteroatoms. The van der Waals surface area contributed by atoms with E-state index in [1.807, 2.05) is 24.3 Å². The average molecular weight is 488 g/mol. The van der Waals surface area contributed by atoms with Crippen molar-refractivity contribution in [1.82, 2.24) is 10.3 Å². The molecule has 1 atom stereocenters. The molecule has 0 unspecified atom stereocenters. The lowest BCUT2D eigenvalue weighted by Gasteiger charge is -2.14. The van der Waals surface area contributed by atoms with Crippen molar-refractivity contribution in [3.63, 3.8) is 0 Å². The highest BCUT2D eigenvalue weighted by molar-refractivity contribution is 7.22. The zero-order valence-electron chi connectivity index (χ0n) is 18.6. The Balaban J connectivity index is 1.26. The molecule has 176 valence electrons. The fourth-order valence-corrected chi connectivity index (χ4v) is 5.07. The molecule has 3 aromatic carbocycles. The van der Waals surface area contributed by atoms with Gasteiger partial charge in [-0.05, 0) is 47.4 Å². The number of anilines is 1. The number of thiazole rings is 1. The first-order valence-electron chi connectivity index (χ1n) is 11.0. The largest absolute Gasteiger partial charge is 0.480 e. The maximum absolute atomic E-state index is 12.5. The normalized spacial score (nSPS) is 13.1. The Bertz CT molecular complexity index is 1420. The number of nitrogens with zero attached hydrogens (tertiary/aromatic N) is 1. The van der Waals surface area contributed by atoms with Crippen LogP contribution in [0.3, 0.4) is 0 Å². The predicted molar refractivity (Wildman–Crippen MR) is 133 cm³/mol. The number of ether oxygens (including phenoxy) is 1. The molecule has 1 heterocycles. The Morgan fingerprint density at radius 2 is 1.69 bits per heavy atom. The number of carbonyl (C=O) groups is 3. The summed E-state index contributed by atoms with van der Waals surface area (Å²) >= 11 is 1.20. The molecule has 0 spiro atoms. The molecule has 5 rings (SSSR count). The standard InChI is InChI=1S/C26H21N3O5S/c1-14(24(31)32)27-23(30)15-10-11-21-22(12-15)35-25(28-21)29-26(33)34-13-20-18-8-4-2-6-16(18)17-7-3-5-9-19(17)20/h2-12,14,20H,13H2,1H3,(H,27,30)(H,31,32)(H,28,29,33)/t14-/m1/s1. The van der Waals surface area contributed by atoms with E-state index in [-0.39, 0.29) is 12.5 Å². The number of nitrogens with one attached hydrogen (secondary N) is 2. The Hall–Kier alpha value is -4.24. The molecule has 3 N–H and O–H groups in total. The van der Waals surface area contributed by atoms with Crippen LogP contribution in [0, 0.1) is 0 Å². The summed E-state index contributed by atoms with van der Waals surface area (Å²) in [5.41, 5.74) is 5.48. The van der Waals surface area contributed by atoms with E-state index in [1.54, 1.807) is 18.2 Å². The lowest BCUT2D eigenvalue weighted by molar-refractivity contribution is -0.138. The maximum Gasteiger partial charge on any atom is 0.413 e. The van der Waals surface area contributed by atoms with Gasteiger partial charge in [-0.15, -0.1) is 0 Å². The third-order valence-corrected chi connectivity index (χ3v) is 6.85. The van der Waals surface area contributed by atoms with E-state index in [4.69, 9.17) is 9.84 Å². The minimum Gasteiger partial charge on any atom is -0.480 e. The number of carboxylic acid groups (broad SMARTS) is 1. The lowest BCUT2D eigenvalue weighted by Crippen LogP contribution is -2.38. The van der Waals surface area contributed by atoms with Gasteiger partial charge in [-0.2, -0.15) is 0 Å². The molecule has 1 aliphatic rings. The molecule has 0 bridgehead atoms. The van der Waals surface area contributed by atoms with E-state index in [9.17, 15) is 14.4 Å². The molecule has 0 aliphatic heterocycles. The van der Waals surface area contributed by atoms with Crippen molar-refractivity contribution >= 4 is 44.7 Å². The SMILES string of the molecule is C[C@@H](NC(=O)c1ccc2nc(NC(=O)OCC3c4ccccc4-c4ccccc43)sc2c1)C(=O)O. The summed E-state index contributed by atoms with van der Waals surface area (Å²) in [7, 11) is 0. The van der Waals surface area contributed by atoms with Gasteiger partial charge < -0.3 is 15.2 Å². The summed E-state index contributed by atoms with van der Waals surface area (Å²) in [5, 5.41) is 14.4. The van der Waals surface area contributed by atoms with Crippen LogP contribution in [0.15, 0.2) is 66.7 Å². The van der Waals surface area contributed by atoms with Gasteiger partial charge in [-0.1, -0.05) is 59.9 Å². The number of aromatic nitrogens is 1. The van der Waals surface area contributed by atoms with Gasteiger partial charge in [0.2, 0.25) is 0 Å². The third-order valence-electron chi connectivity index (χ3n) is 5.92. The summed E-state index contributed by atoms with van der Waals surface area (Å²) in [4.78, 5) is 40.2. The predicted octanol–water partition coefficient (Wildman–Crippen LogP) is 4.86. The van der Waals surface area contributed by atoms with E-state index < -0.39 is 24.0 Å². The first kappa shape index (κ1) is 22.5. The van der Waals surface area contributed by atoms with Crippen LogP contribution in [-0.2, 0) is 9.53 Å². The third kappa shape index (κ3) is 4.45. The van der Waals surface area contributed by atoms with Crippen molar-refractivity contribution < 1.29 is 24.2 Å².